The molecule has 0 saturated heterocycles. The van der Waals surface area contributed by atoms with Gasteiger partial charge in [-0.1, -0.05) is 60.7 Å². The van der Waals surface area contributed by atoms with Crippen LogP contribution in [0.25, 0.3) is 21.9 Å². The second-order valence-electron chi connectivity index (χ2n) is 5.49. The summed E-state index contributed by atoms with van der Waals surface area (Å²) in [5.41, 5.74) is 6.68. The van der Waals surface area contributed by atoms with Crippen LogP contribution in [-0.4, -0.2) is 6.04 Å². The molecule has 0 bridgehead atoms. The molecular formula is C19H20N2. The molecule has 2 heteroatoms. The normalized spacial score (nSPS) is 12.5. The Balaban J connectivity index is 2.05. The maximum atomic E-state index is 5.53. The molecule has 0 aliphatic carbocycles. The lowest BCUT2D eigenvalue weighted by atomic mass is 9.94. The summed E-state index contributed by atoms with van der Waals surface area (Å²) in [4.78, 5) is 0. The highest BCUT2D eigenvalue weighted by Gasteiger charge is 2.08. The molecule has 0 fully saturated rings. The van der Waals surface area contributed by atoms with Crippen LogP contribution in [0.3, 0.4) is 0 Å². The van der Waals surface area contributed by atoms with E-state index in [1.807, 2.05) is 0 Å². The summed E-state index contributed by atoms with van der Waals surface area (Å²) in [5, 5.41) is 2.55. The predicted octanol–water partition coefficient (Wildman–Crippen LogP) is 3.90. The third kappa shape index (κ3) is 2.97. The number of nitrogens with two attached hydrogens (primary N) is 1. The van der Waals surface area contributed by atoms with Crippen LogP contribution in [0.1, 0.15) is 12.5 Å². The molecule has 3 aromatic rings. The topological polar surface area (TPSA) is 38.0 Å². The van der Waals surface area contributed by atoms with Gasteiger partial charge in [-0.25, -0.2) is 0 Å². The number of fused-ring (bicyclic) bond motifs is 1. The largest absolute Gasteiger partial charge is 0.271 e. The zero-order valence-electron chi connectivity index (χ0n) is 12.2. The summed E-state index contributed by atoms with van der Waals surface area (Å²) < 4.78 is 0. The molecule has 3 rings (SSSR count). The van der Waals surface area contributed by atoms with Crippen LogP contribution < -0.4 is 11.3 Å². The minimum atomic E-state index is 0.256. The van der Waals surface area contributed by atoms with Gasteiger partial charge in [0.1, 0.15) is 0 Å². The lowest BCUT2D eigenvalue weighted by molar-refractivity contribution is 0.568. The van der Waals surface area contributed by atoms with Crippen molar-refractivity contribution in [3.05, 3.63) is 72.3 Å². The maximum Gasteiger partial charge on any atom is 0.0222 e. The number of benzene rings is 3. The first-order valence-electron chi connectivity index (χ1n) is 7.31. The summed E-state index contributed by atoms with van der Waals surface area (Å²) in [6, 6.07) is 23.9. The second-order valence-corrected chi connectivity index (χ2v) is 5.49. The van der Waals surface area contributed by atoms with Crippen LogP contribution >= 0.6 is 0 Å². The molecule has 0 saturated carbocycles. The smallest absolute Gasteiger partial charge is 0.0222 e. The quantitative estimate of drug-likeness (QED) is 0.560. The van der Waals surface area contributed by atoms with E-state index in [9.17, 15) is 0 Å². The third-order valence-electron chi connectivity index (χ3n) is 3.89. The van der Waals surface area contributed by atoms with E-state index in [1.165, 1.54) is 27.5 Å². The Morgan fingerprint density at radius 1 is 0.905 bits per heavy atom. The van der Waals surface area contributed by atoms with Gasteiger partial charge in [0.15, 0.2) is 0 Å². The van der Waals surface area contributed by atoms with Gasteiger partial charge in [0.05, 0.1) is 0 Å². The fraction of sp³-hybridized carbons (Fsp3) is 0.158. The summed E-state index contributed by atoms with van der Waals surface area (Å²) in [5.74, 6) is 5.53. The van der Waals surface area contributed by atoms with Crippen molar-refractivity contribution < 1.29 is 0 Å². The number of rotatable bonds is 4. The van der Waals surface area contributed by atoms with Crippen molar-refractivity contribution in [2.75, 3.05) is 0 Å². The molecule has 3 aromatic carbocycles. The average molecular weight is 276 g/mol. The van der Waals surface area contributed by atoms with Gasteiger partial charge in [-0.15, -0.1) is 0 Å². The molecule has 1 atom stereocenters. The van der Waals surface area contributed by atoms with E-state index < -0.39 is 0 Å². The Morgan fingerprint density at radius 2 is 1.62 bits per heavy atom. The van der Waals surface area contributed by atoms with Crippen molar-refractivity contribution in [1.82, 2.24) is 5.43 Å². The van der Waals surface area contributed by atoms with E-state index in [4.69, 9.17) is 5.84 Å². The minimum Gasteiger partial charge on any atom is -0.271 e. The summed E-state index contributed by atoms with van der Waals surface area (Å²) in [7, 11) is 0. The molecule has 0 amide bonds. The molecule has 21 heavy (non-hydrogen) atoms. The number of nitrogens with one attached hydrogen (secondary N) is 1. The zero-order chi connectivity index (χ0) is 14.7. The number of hydrogen-bond donors (Lipinski definition) is 2. The predicted molar refractivity (Wildman–Crippen MR) is 89.9 cm³/mol. The monoisotopic (exact) mass is 276 g/mol. The fourth-order valence-corrected chi connectivity index (χ4v) is 2.73. The molecule has 3 N–H and O–H groups in total. The molecular weight excluding hydrogens is 256 g/mol. The molecule has 0 spiro atoms. The van der Waals surface area contributed by atoms with Gasteiger partial charge in [0, 0.05) is 6.04 Å². The highest BCUT2D eigenvalue weighted by atomic mass is 15.2. The molecule has 0 heterocycles. The first kappa shape index (κ1) is 13.8. The fourth-order valence-electron chi connectivity index (χ4n) is 2.73. The van der Waals surface area contributed by atoms with Gasteiger partial charge in [0.2, 0.25) is 0 Å². The van der Waals surface area contributed by atoms with Gasteiger partial charge in [-0.2, -0.15) is 0 Å². The van der Waals surface area contributed by atoms with Gasteiger partial charge in [-0.3, -0.25) is 11.3 Å². The van der Waals surface area contributed by atoms with Crippen LogP contribution in [0, 0.1) is 0 Å². The molecule has 106 valence electrons. The first-order chi connectivity index (χ1) is 10.3. The molecule has 0 radical (unpaired) electrons. The minimum absolute atomic E-state index is 0.256. The first-order valence-corrected chi connectivity index (χ1v) is 7.31. The highest BCUT2D eigenvalue weighted by Crippen LogP contribution is 2.28. The van der Waals surface area contributed by atoms with Crippen LogP contribution in [0.5, 0.6) is 0 Å². The maximum absolute atomic E-state index is 5.53. The van der Waals surface area contributed by atoms with E-state index in [-0.39, 0.29) is 6.04 Å². The van der Waals surface area contributed by atoms with E-state index in [0.717, 1.165) is 6.42 Å². The second kappa shape index (κ2) is 6.08. The van der Waals surface area contributed by atoms with Crippen LogP contribution in [0.4, 0.5) is 0 Å². The highest BCUT2D eigenvalue weighted by molar-refractivity contribution is 5.87. The molecule has 0 aliphatic rings. The lowest BCUT2D eigenvalue weighted by Gasteiger charge is -2.14. The Labute approximate surface area is 125 Å². The third-order valence-corrected chi connectivity index (χ3v) is 3.89. The molecule has 0 aromatic heterocycles. The van der Waals surface area contributed by atoms with Crippen LogP contribution in [0.15, 0.2) is 66.7 Å². The van der Waals surface area contributed by atoms with Gasteiger partial charge in [-0.05, 0) is 46.9 Å². The Bertz CT molecular complexity index is 749. The van der Waals surface area contributed by atoms with Crippen molar-refractivity contribution in [2.45, 2.75) is 19.4 Å². The molecule has 0 aliphatic heterocycles. The summed E-state index contributed by atoms with van der Waals surface area (Å²) >= 11 is 0. The number of hydrazine groups is 1. The number of hydrogen-bond acceptors (Lipinski definition) is 2. The lowest BCUT2D eigenvalue weighted by Crippen LogP contribution is -2.34. The zero-order valence-corrected chi connectivity index (χ0v) is 12.2. The van der Waals surface area contributed by atoms with E-state index in [0.29, 0.717) is 0 Å². The SMILES string of the molecule is C[C@H](Cc1ccccc1-c1ccc2ccccc2c1)NN. The van der Waals surface area contributed by atoms with Gasteiger partial charge < -0.3 is 0 Å². The molecule has 0 unspecified atom stereocenters. The van der Waals surface area contributed by atoms with Crippen molar-refractivity contribution in [3.63, 3.8) is 0 Å². The van der Waals surface area contributed by atoms with E-state index >= 15 is 0 Å². The van der Waals surface area contributed by atoms with Crippen LogP contribution in [0.2, 0.25) is 0 Å². The van der Waals surface area contributed by atoms with E-state index in [1.54, 1.807) is 0 Å². The molecule has 2 nitrogen and oxygen atoms in total. The average Bonchev–Trinajstić information content (AvgIpc) is 2.55. The standard InChI is InChI=1S/C19H20N2/c1-14(21-20)12-17-8-4-5-9-19(17)18-11-10-15-6-2-3-7-16(15)13-18/h2-11,13-14,21H,12,20H2,1H3/t14-/m1/s1. The van der Waals surface area contributed by atoms with Crippen molar-refractivity contribution in [3.8, 4) is 11.1 Å². The van der Waals surface area contributed by atoms with E-state index in [2.05, 4.69) is 79.1 Å². The van der Waals surface area contributed by atoms with Crippen molar-refractivity contribution in [1.29, 1.82) is 0 Å². The van der Waals surface area contributed by atoms with Gasteiger partial charge in [0.25, 0.3) is 0 Å². The summed E-state index contributed by atoms with van der Waals surface area (Å²) in [6.45, 7) is 2.09. The van der Waals surface area contributed by atoms with Gasteiger partial charge >= 0.3 is 0 Å². The van der Waals surface area contributed by atoms with Crippen molar-refractivity contribution in [2.24, 2.45) is 5.84 Å². The summed E-state index contributed by atoms with van der Waals surface area (Å²) in [6.07, 6.45) is 0.916. The van der Waals surface area contributed by atoms with Crippen LogP contribution in [-0.2, 0) is 6.42 Å². The Kier molecular flexibility index (Phi) is 4.00. The Morgan fingerprint density at radius 3 is 2.43 bits per heavy atom. The van der Waals surface area contributed by atoms with Crippen molar-refractivity contribution >= 4 is 10.8 Å². The Hall–Kier alpha value is -2.16.